The minimum absolute atomic E-state index is 0.00999. The summed E-state index contributed by atoms with van der Waals surface area (Å²) < 4.78 is 55.3. The van der Waals surface area contributed by atoms with E-state index in [1.165, 1.54) is 24.9 Å². The van der Waals surface area contributed by atoms with E-state index in [1.54, 1.807) is 24.1 Å². The summed E-state index contributed by atoms with van der Waals surface area (Å²) in [5.41, 5.74) is -0.180. The third kappa shape index (κ3) is 5.09. The third-order valence-corrected chi connectivity index (χ3v) is 7.84. The molecular formula is C26H33F3N8O3. The lowest BCUT2D eigenvalue weighted by Gasteiger charge is -2.40. The number of likely N-dealkylation sites (tertiary alicyclic amines) is 1. The topological polar surface area (TPSA) is 113 Å². The molecule has 0 bridgehead atoms. The molecular weight excluding hydrogens is 529 g/mol. The number of halogens is 3. The number of rotatable bonds is 8. The second-order valence-corrected chi connectivity index (χ2v) is 11.6. The normalized spacial score (nSPS) is 20.2. The second kappa shape index (κ2) is 9.61. The number of methoxy groups -OCH3 is 1. The highest BCUT2D eigenvalue weighted by Crippen LogP contribution is 2.51. The van der Waals surface area contributed by atoms with E-state index >= 15 is 0 Å². The summed E-state index contributed by atoms with van der Waals surface area (Å²) in [6.45, 7) is 3.82. The van der Waals surface area contributed by atoms with Crippen LogP contribution in [-0.2, 0) is 16.0 Å². The van der Waals surface area contributed by atoms with Crippen molar-refractivity contribution in [2.24, 2.45) is 0 Å². The molecule has 6 rings (SSSR count). The fourth-order valence-electron chi connectivity index (χ4n) is 5.52. The van der Waals surface area contributed by atoms with E-state index in [-0.39, 0.29) is 32.3 Å². The third-order valence-electron chi connectivity index (χ3n) is 7.84. The molecule has 2 N–H and O–H groups in total. The molecule has 11 nitrogen and oxygen atoms in total. The average molecular weight is 563 g/mol. The van der Waals surface area contributed by atoms with Gasteiger partial charge in [-0.3, -0.25) is 14.8 Å². The Morgan fingerprint density at radius 2 is 1.98 bits per heavy atom. The van der Waals surface area contributed by atoms with E-state index in [0.717, 1.165) is 18.2 Å². The van der Waals surface area contributed by atoms with Gasteiger partial charge in [0.05, 0.1) is 47.7 Å². The number of urea groups is 1. The van der Waals surface area contributed by atoms with Crippen LogP contribution >= 0.6 is 0 Å². The molecule has 3 fully saturated rings. The van der Waals surface area contributed by atoms with E-state index in [0.29, 0.717) is 41.5 Å². The molecule has 0 unspecified atom stereocenters. The number of carbonyl (C=O) groups excluding carboxylic acids is 1. The van der Waals surface area contributed by atoms with Crippen LogP contribution in [0.2, 0.25) is 0 Å². The molecule has 1 saturated carbocycles. The Hall–Kier alpha value is -3.39. The van der Waals surface area contributed by atoms with Gasteiger partial charge in [-0.15, -0.1) is 0 Å². The van der Waals surface area contributed by atoms with Crippen molar-refractivity contribution in [1.29, 1.82) is 0 Å². The highest BCUT2D eigenvalue weighted by molar-refractivity contribution is 5.96. The van der Waals surface area contributed by atoms with Crippen molar-refractivity contribution in [3.8, 4) is 11.4 Å². The number of aromatic amines is 1. The van der Waals surface area contributed by atoms with Gasteiger partial charge in [0, 0.05) is 38.4 Å². The fraction of sp³-hybridized carbons (Fsp3) is 0.615. The number of amides is 2. The number of nitrogens with one attached hydrogen (secondary N) is 2. The van der Waals surface area contributed by atoms with E-state index in [2.05, 4.69) is 20.5 Å². The van der Waals surface area contributed by atoms with Crippen molar-refractivity contribution in [3.05, 3.63) is 18.5 Å². The largest absolute Gasteiger partial charge is 0.359 e. The molecule has 0 aromatic carbocycles. The van der Waals surface area contributed by atoms with Crippen molar-refractivity contribution in [2.75, 3.05) is 43.8 Å². The van der Waals surface area contributed by atoms with Gasteiger partial charge in [-0.05, 0) is 39.2 Å². The van der Waals surface area contributed by atoms with E-state index in [9.17, 15) is 18.0 Å². The Labute approximate surface area is 229 Å². The van der Waals surface area contributed by atoms with Crippen molar-refractivity contribution in [3.63, 3.8) is 0 Å². The number of ether oxygens (including phenoxy) is 2. The summed E-state index contributed by atoms with van der Waals surface area (Å²) in [5, 5.41) is 15.1. The molecule has 0 atom stereocenters. The van der Waals surface area contributed by atoms with E-state index < -0.39 is 29.7 Å². The molecule has 5 heterocycles. The summed E-state index contributed by atoms with van der Waals surface area (Å²) in [4.78, 5) is 21.1. The summed E-state index contributed by atoms with van der Waals surface area (Å²) in [6, 6.07) is 1.17. The average Bonchev–Trinajstić information content (AvgIpc) is 3.36. The van der Waals surface area contributed by atoms with Crippen molar-refractivity contribution in [1.82, 2.24) is 29.9 Å². The zero-order valence-corrected chi connectivity index (χ0v) is 22.7. The van der Waals surface area contributed by atoms with Crippen LogP contribution in [0.4, 0.5) is 29.5 Å². The Morgan fingerprint density at radius 1 is 1.23 bits per heavy atom. The number of hydrogen-bond acceptors (Lipinski definition) is 7. The highest BCUT2D eigenvalue weighted by Gasteiger charge is 2.57. The summed E-state index contributed by atoms with van der Waals surface area (Å²) >= 11 is 0. The van der Waals surface area contributed by atoms with Crippen molar-refractivity contribution >= 4 is 28.4 Å². The van der Waals surface area contributed by atoms with Gasteiger partial charge in [-0.1, -0.05) is 0 Å². The number of carbonyl (C=O) groups is 1. The lowest BCUT2D eigenvalue weighted by Crippen LogP contribution is -2.54. The van der Waals surface area contributed by atoms with E-state index in [4.69, 9.17) is 14.6 Å². The lowest BCUT2D eigenvalue weighted by atomic mass is 9.97. The van der Waals surface area contributed by atoms with Crippen LogP contribution in [0, 0.1) is 0 Å². The van der Waals surface area contributed by atoms with Crippen LogP contribution in [0.15, 0.2) is 18.5 Å². The molecule has 2 amide bonds. The number of nitrogens with zero attached hydrogens (tertiary/aromatic N) is 6. The SMILES string of the molecule is COCOC1CN(c2nn(CC(C)(C)F)c3cc(-c4[nH]ncc4NC(=O)N4CC(F)(F)CCC45CC5)ncc23)C1. The summed E-state index contributed by atoms with van der Waals surface area (Å²) in [7, 11) is 1.57. The maximum Gasteiger partial charge on any atom is 0.322 e. The van der Waals surface area contributed by atoms with E-state index in [1.807, 2.05) is 4.90 Å². The first-order chi connectivity index (χ1) is 19.0. The van der Waals surface area contributed by atoms with Gasteiger partial charge in [-0.2, -0.15) is 10.2 Å². The smallest absolute Gasteiger partial charge is 0.322 e. The molecule has 1 spiro atoms. The van der Waals surface area contributed by atoms with Crippen molar-refractivity contribution in [2.45, 2.75) is 69.3 Å². The Bertz CT molecular complexity index is 1410. The molecule has 2 aliphatic heterocycles. The van der Waals surface area contributed by atoms with Gasteiger partial charge in [0.1, 0.15) is 18.2 Å². The van der Waals surface area contributed by atoms with Crippen LogP contribution < -0.4 is 10.2 Å². The number of anilines is 2. The Morgan fingerprint density at radius 3 is 2.67 bits per heavy atom. The van der Waals surface area contributed by atoms with Gasteiger partial charge in [-0.25, -0.2) is 18.0 Å². The lowest BCUT2D eigenvalue weighted by molar-refractivity contribution is -0.0796. The Kier molecular flexibility index (Phi) is 6.44. The van der Waals surface area contributed by atoms with Crippen LogP contribution in [0.5, 0.6) is 0 Å². The second-order valence-electron chi connectivity index (χ2n) is 11.6. The maximum atomic E-state index is 14.7. The molecule has 40 heavy (non-hydrogen) atoms. The summed E-state index contributed by atoms with van der Waals surface area (Å²) in [5.74, 6) is -2.24. The van der Waals surface area contributed by atoms with Gasteiger partial charge in [0.2, 0.25) is 0 Å². The quantitative estimate of drug-likeness (QED) is 0.396. The fourth-order valence-corrected chi connectivity index (χ4v) is 5.52. The maximum absolute atomic E-state index is 14.7. The molecule has 3 aromatic heterocycles. The monoisotopic (exact) mass is 562 g/mol. The Balaban J connectivity index is 1.27. The van der Waals surface area contributed by atoms with Gasteiger partial charge < -0.3 is 24.6 Å². The predicted octanol–water partition coefficient (Wildman–Crippen LogP) is 4.17. The van der Waals surface area contributed by atoms with Gasteiger partial charge >= 0.3 is 6.03 Å². The molecule has 3 aliphatic rings. The number of alkyl halides is 3. The van der Waals surface area contributed by atoms with Crippen LogP contribution in [0.1, 0.15) is 39.5 Å². The standard InChI is InChI=1S/C26H33F3N8O3/c1-24(2,27)13-37-20-8-18(30-9-17(20)22(34-37)35-11-16(12-35)40-15-39-3)21-19(10-31-33-21)32-23(38)36-14-26(28,29)7-6-25(36)4-5-25/h8-10,16H,4-7,11-15H2,1-3H3,(H,31,33)(H,32,38). The zero-order valence-electron chi connectivity index (χ0n) is 22.7. The highest BCUT2D eigenvalue weighted by atomic mass is 19.3. The minimum atomic E-state index is -2.91. The molecule has 216 valence electrons. The van der Waals surface area contributed by atoms with Crippen molar-refractivity contribution < 1.29 is 27.4 Å². The van der Waals surface area contributed by atoms with Crippen LogP contribution in [-0.4, -0.2) is 92.7 Å². The van der Waals surface area contributed by atoms with Gasteiger partial charge in [0.25, 0.3) is 5.92 Å². The van der Waals surface area contributed by atoms with Crippen LogP contribution in [0.3, 0.4) is 0 Å². The first-order valence-corrected chi connectivity index (χ1v) is 13.4. The number of pyridine rings is 1. The molecule has 14 heteroatoms. The summed E-state index contributed by atoms with van der Waals surface area (Å²) in [6.07, 6.45) is 4.62. The first kappa shape index (κ1) is 26.8. The van der Waals surface area contributed by atoms with Gasteiger partial charge in [0.15, 0.2) is 5.82 Å². The molecule has 3 aromatic rings. The predicted molar refractivity (Wildman–Crippen MR) is 141 cm³/mol. The van der Waals surface area contributed by atoms with Crippen LogP contribution in [0.25, 0.3) is 22.3 Å². The minimum Gasteiger partial charge on any atom is -0.359 e. The number of H-pyrrole nitrogens is 1. The number of piperidine rings is 1. The molecule has 2 saturated heterocycles. The number of fused-ring (bicyclic) bond motifs is 1. The molecule has 1 aliphatic carbocycles. The number of aromatic nitrogens is 5. The number of hydrogen-bond donors (Lipinski definition) is 2. The molecule has 0 radical (unpaired) electrons. The first-order valence-electron chi connectivity index (χ1n) is 13.4. The zero-order chi connectivity index (χ0) is 28.3.